The zero-order valence-electron chi connectivity index (χ0n) is 17.0. The topological polar surface area (TPSA) is 40.6 Å². The van der Waals surface area contributed by atoms with Gasteiger partial charge in [0, 0.05) is 0 Å². The Labute approximate surface area is 179 Å². The van der Waals surface area contributed by atoms with Gasteiger partial charge in [0.25, 0.3) is 0 Å². The van der Waals surface area contributed by atoms with E-state index in [1.165, 1.54) is 14.3 Å². The Balaban J connectivity index is 0.00000136. The van der Waals surface area contributed by atoms with E-state index in [1.54, 1.807) is 0 Å². The van der Waals surface area contributed by atoms with Crippen LogP contribution in [0.4, 0.5) is 0 Å². The largest absolute Gasteiger partial charge is 0.0683 e. The smallest absolute Gasteiger partial charge is 0.0683 e. The van der Waals surface area contributed by atoms with Crippen LogP contribution in [0, 0.1) is 0 Å². The van der Waals surface area contributed by atoms with Crippen molar-refractivity contribution >= 4 is 54.1 Å². The van der Waals surface area contributed by atoms with Crippen LogP contribution in [0.1, 0.15) is 40.2 Å². The van der Waals surface area contributed by atoms with Gasteiger partial charge in [0.1, 0.15) is 0 Å². The molecule has 1 aromatic carbocycles. The van der Waals surface area contributed by atoms with Crippen LogP contribution in [0.5, 0.6) is 0 Å². The van der Waals surface area contributed by atoms with Crippen LogP contribution < -0.4 is 4.46 Å². The summed E-state index contributed by atoms with van der Waals surface area (Å²) in [6.07, 6.45) is 6.03. The molecule has 148 valence electrons. The van der Waals surface area contributed by atoms with Gasteiger partial charge >= 0.3 is 165 Å². The third-order valence-corrected chi connectivity index (χ3v) is 6.98. The quantitative estimate of drug-likeness (QED) is 0.300. The van der Waals surface area contributed by atoms with Gasteiger partial charge in [0.05, 0.1) is 0 Å². The van der Waals surface area contributed by atoms with E-state index < -0.39 is 0 Å². The van der Waals surface area contributed by atoms with Crippen molar-refractivity contribution in [2.24, 2.45) is 0 Å². The van der Waals surface area contributed by atoms with Crippen LogP contribution in [0.15, 0.2) is 52.5 Å². The van der Waals surface area contributed by atoms with Gasteiger partial charge in [-0.05, 0) is 0 Å². The number of carbonyl (C=O) groups excluding carboxylic acids is 2. The first kappa shape index (κ1) is 22.3. The van der Waals surface area contributed by atoms with E-state index in [9.17, 15) is 9.59 Å². The number of hydrogen-bond donors (Lipinski definition) is 0. The summed E-state index contributed by atoms with van der Waals surface area (Å²) in [5, 5.41) is 0.292. The van der Waals surface area contributed by atoms with Gasteiger partial charge < -0.3 is 0 Å². The molecule has 1 aromatic rings. The molecule has 2 amide bonds. The van der Waals surface area contributed by atoms with Crippen molar-refractivity contribution in [2.75, 3.05) is 13.1 Å². The molecule has 3 rings (SSSR count). The third-order valence-electron chi connectivity index (χ3n) is 4.30. The molecule has 0 atom stereocenters. The number of allylic oxidation sites excluding steroid dienone is 5. The maximum Gasteiger partial charge on any atom is -0.0683 e. The fourth-order valence-electron chi connectivity index (χ4n) is 3.08. The molecule has 0 aliphatic carbocycles. The fraction of sp³-hybridized carbons (Fsp3) is 0.318. The summed E-state index contributed by atoms with van der Waals surface area (Å²) >= 11 is 5.51. The molecular weight excluding hydrogens is 435 g/mol. The van der Waals surface area contributed by atoms with Crippen LogP contribution in [-0.4, -0.2) is 54.8 Å². The second-order valence-electron chi connectivity index (χ2n) is 5.82. The molecule has 2 aliphatic heterocycles. The van der Waals surface area contributed by atoms with Gasteiger partial charge in [-0.1, -0.05) is 13.8 Å². The normalized spacial score (nSPS) is 16.9. The zero-order valence-corrected chi connectivity index (χ0v) is 19.5. The summed E-state index contributed by atoms with van der Waals surface area (Å²) in [7, 11) is 0. The molecule has 4 nitrogen and oxygen atoms in total. The molecular formula is C22H26N2O2SSe. The average molecular weight is 461 g/mol. The number of rotatable bonds is 3. The molecule has 0 bridgehead atoms. The molecule has 0 radical (unpaired) electrons. The summed E-state index contributed by atoms with van der Waals surface area (Å²) in [6, 6.07) is 8.01. The van der Waals surface area contributed by atoms with E-state index in [0.717, 1.165) is 10.0 Å². The molecule has 0 spiro atoms. The second kappa shape index (κ2) is 9.96. The Hall–Kier alpha value is -2.01. The van der Waals surface area contributed by atoms with Crippen LogP contribution in [0.2, 0.25) is 0 Å². The van der Waals surface area contributed by atoms with E-state index in [0.29, 0.717) is 23.8 Å². The Morgan fingerprint density at radius 1 is 1.04 bits per heavy atom. The molecule has 0 saturated carbocycles. The van der Waals surface area contributed by atoms with Crippen molar-refractivity contribution in [1.29, 1.82) is 0 Å². The van der Waals surface area contributed by atoms with Gasteiger partial charge in [-0.15, -0.1) is 0 Å². The molecule has 28 heavy (non-hydrogen) atoms. The molecule has 2 heterocycles. The molecule has 0 N–H and O–H groups in total. The summed E-state index contributed by atoms with van der Waals surface area (Å²) in [6.45, 7) is 10.6. The summed E-state index contributed by atoms with van der Waals surface area (Å²) in [5.41, 5.74) is 1.89. The summed E-state index contributed by atoms with van der Waals surface area (Å²) in [5.74, 6) is -0.607. The van der Waals surface area contributed by atoms with Gasteiger partial charge in [-0.2, -0.15) is 0 Å². The van der Waals surface area contributed by atoms with Crippen molar-refractivity contribution < 1.29 is 9.59 Å². The Bertz CT molecular complexity index is 858. The minimum absolute atomic E-state index is 0.151. The van der Waals surface area contributed by atoms with Crippen LogP contribution in [0.25, 0.3) is 5.57 Å². The standard InChI is InChI=1S/C20H20N2O2SSe.C2H6/c1-4-9-13-12-15(14-10-7-8-11-16(14)26-13)17-18(23)21(5-2)20(25)22(6-3)19(17)24;1-2/h4,7-12H,5-6H2,1-3H3;1-2H3/b9-4+;. The number of thiocarbonyl (C=S) groups is 1. The van der Waals surface area contributed by atoms with E-state index in [4.69, 9.17) is 12.2 Å². The monoisotopic (exact) mass is 462 g/mol. The fourth-order valence-corrected chi connectivity index (χ4v) is 5.74. The Morgan fingerprint density at radius 2 is 1.61 bits per heavy atom. The first-order valence-electron chi connectivity index (χ1n) is 9.57. The number of likely N-dealkylation sites (N-methyl/N-ethyl adjacent to an activating group) is 2. The van der Waals surface area contributed by atoms with Crippen LogP contribution >= 0.6 is 12.2 Å². The van der Waals surface area contributed by atoms with Crippen molar-refractivity contribution in [3.05, 3.63) is 58.1 Å². The average Bonchev–Trinajstić information content (AvgIpc) is 2.70. The number of carbonyl (C=O) groups is 2. The van der Waals surface area contributed by atoms with Gasteiger partial charge in [0.15, 0.2) is 0 Å². The molecule has 0 aromatic heterocycles. The minimum atomic E-state index is -0.303. The van der Waals surface area contributed by atoms with Crippen molar-refractivity contribution in [1.82, 2.24) is 9.80 Å². The number of amides is 2. The van der Waals surface area contributed by atoms with E-state index >= 15 is 0 Å². The SMILES string of the molecule is C/C=C/C1=CC(=C2C(=O)N(CC)C(=S)N(CC)C2=O)c2ccccc2[Se]1.CC. The third kappa shape index (κ3) is 4.04. The maximum absolute atomic E-state index is 13.1. The van der Waals surface area contributed by atoms with Crippen LogP contribution in [0.3, 0.4) is 0 Å². The van der Waals surface area contributed by atoms with E-state index in [2.05, 4.69) is 6.07 Å². The first-order valence-corrected chi connectivity index (χ1v) is 11.7. The van der Waals surface area contributed by atoms with Crippen LogP contribution in [-0.2, 0) is 9.59 Å². The summed E-state index contributed by atoms with van der Waals surface area (Å²) < 4.78 is 2.32. The molecule has 2 aliphatic rings. The second-order valence-corrected chi connectivity index (χ2v) is 8.52. The van der Waals surface area contributed by atoms with E-state index in [-0.39, 0.29) is 32.3 Å². The predicted octanol–water partition coefficient (Wildman–Crippen LogP) is 3.27. The molecule has 6 heteroatoms. The zero-order chi connectivity index (χ0) is 20.8. The Morgan fingerprint density at radius 3 is 2.14 bits per heavy atom. The van der Waals surface area contributed by atoms with Gasteiger partial charge in [-0.25, -0.2) is 0 Å². The number of benzene rings is 1. The van der Waals surface area contributed by atoms with Gasteiger partial charge in [0.2, 0.25) is 0 Å². The molecule has 0 unspecified atom stereocenters. The Kier molecular flexibility index (Phi) is 7.93. The van der Waals surface area contributed by atoms with Gasteiger partial charge in [-0.3, -0.25) is 0 Å². The summed E-state index contributed by atoms with van der Waals surface area (Å²) in [4.78, 5) is 29.2. The van der Waals surface area contributed by atoms with Crippen molar-refractivity contribution in [3.8, 4) is 0 Å². The molecule has 1 saturated heterocycles. The number of fused-ring (bicyclic) bond motifs is 1. The maximum atomic E-state index is 13.1. The first-order chi connectivity index (χ1) is 13.5. The number of nitrogens with zero attached hydrogens (tertiary/aromatic N) is 2. The molecule has 1 fully saturated rings. The van der Waals surface area contributed by atoms with Crippen molar-refractivity contribution in [2.45, 2.75) is 34.6 Å². The minimum Gasteiger partial charge on any atom is -0.0683 e. The van der Waals surface area contributed by atoms with Crippen molar-refractivity contribution in [3.63, 3.8) is 0 Å². The predicted molar refractivity (Wildman–Crippen MR) is 120 cm³/mol. The van der Waals surface area contributed by atoms with E-state index in [1.807, 2.05) is 71.0 Å². The number of hydrogen-bond acceptors (Lipinski definition) is 3.